The molecule has 1 N–H and O–H groups in total. The van der Waals surface area contributed by atoms with Crippen LogP contribution in [0.1, 0.15) is 23.0 Å². The average Bonchev–Trinajstić information content (AvgIpc) is 2.77. The van der Waals surface area contributed by atoms with E-state index in [1.165, 1.54) is 20.8 Å². The summed E-state index contributed by atoms with van der Waals surface area (Å²) in [5.74, 6) is 0. The fourth-order valence-corrected chi connectivity index (χ4v) is 4.37. The second-order valence-corrected chi connectivity index (χ2v) is 7.82. The molecule has 1 aliphatic heterocycles. The predicted molar refractivity (Wildman–Crippen MR) is 91.8 cm³/mol. The summed E-state index contributed by atoms with van der Waals surface area (Å²) in [5, 5.41) is 3.49. The standard InChI is InChI=1S/C16H20BrN3S/c17-16-6-5-15(21-16)14(12-13-4-1-2-8-19-13)20-10-3-7-18-9-11-20/h1-2,4-6,8,14,18H,3,7,9-12H2. The van der Waals surface area contributed by atoms with Crippen molar-refractivity contribution in [3.8, 4) is 0 Å². The molecular weight excluding hydrogens is 346 g/mol. The summed E-state index contributed by atoms with van der Waals surface area (Å²) in [5.41, 5.74) is 1.17. The molecule has 2 aromatic rings. The van der Waals surface area contributed by atoms with Gasteiger partial charge in [0.25, 0.3) is 0 Å². The first-order chi connectivity index (χ1) is 10.3. The van der Waals surface area contributed by atoms with Crippen molar-refractivity contribution in [2.45, 2.75) is 18.9 Å². The van der Waals surface area contributed by atoms with Gasteiger partial charge in [-0.1, -0.05) is 6.07 Å². The molecular formula is C16H20BrN3S. The van der Waals surface area contributed by atoms with Gasteiger partial charge in [0.2, 0.25) is 0 Å². The zero-order chi connectivity index (χ0) is 14.5. The number of aromatic nitrogens is 1. The first kappa shape index (κ1) is 15.2. The van der Waals surface area contributed by atoms with E-state index in [1.807, 2.05) is 23.6 Å². The van der Waals surface area contributed by atoms with Crippen LogP contribution >= 0.6 is 27.3 Å². The minimum atomic E-state index is 0.427. The van der Waals surface area contributed by atoms with E-state index in [0.29, 0.717) is 6.04 Å². The summed E-state index contributed by atoms with van der Waals surface area (Å²) in [7, 11) is 0. The van der Waals surface area contributed by atoms with Gasteiger partial charge in [-0.2, -0.15) is 0 Å². The summed E-state index contributed by atoms with van der Waals surface area (Å²) in [6.45, 7) is 4.46. The summed E-state index contributed by atoms with van der Waals surface area (Å²) in [6, 6.07) is 11.0. The maximum atomic E-state index is 4.52. The van der Waals surface area contributed by atoms with E-state index >= 15 is 0 Å². The maximum Gasteiger partial charge on any atom is 0.0701 e. The van der Waals surface area contributed by atoms with Crippen LogP contribution in [0.4, 0.5) is 0 Å². The Bertz CT molecular complexity index is 550. The Hall–Kier alpha value is -0.750. The first-order valence-electron chi connectivity index (χ1n) is 7.43. The molecule has 0 spiro atoms. The molecule has 0 bridgehead atoms. The lowest BCUT2D eigenvalue weighted by atomic mass is 10.1. The van der Waals surface area contributed by atoms with E-state index < -0.39 is 0 Å². The molecule has 0 aliphatic carbocycles. The van der Waals surface area contributed by atoms with Gasteiger partial charge in [-0.25, -0.2) is 0 Å². The quantitative estimate of drug-likeness (QED) is 0.898. The molecule has 3 heterocycles. The van der Waals surface area contributed by atoms with Crippen molar-refractivity contribution in [3.05, 3.63) is 50.9 Å². The molecule has 1 atom stereocenters. The van der Waals surface area contributed by atoms with E-state index in [-0.39, 0.29) is 0 Å². The minimum Gasteiger partial charge on any atom is -0.315 e. The van der Waals surface area contributed by atoms with Gasteiger partial charge < -0.3 is 5.32 Å². The van der Waals surface area contributed by atoms with E-state index in [9.17, 15) is 0 Å². The average molecular weight is 366 g/mol. The number of nitrogens with zero attached hydrogens (tertiary/aromatic N) is 2. The van der Waals surface area contributed by atoms with Gasteiger partial charge in [0, 0.05) is 48.9 Å². The second-order valence-electron chi connectivity index (χ2n) is 5.32. The van der Waals surface area contributed by atoms with E-state index in [4.69, 9.17) is 0 Å². The Morgan fingerprint density at radius 1 is 1.24 bits per heavy atom. The molecule has 3 nitrogen and oxygen atoms in total. The largest absolute Gasteiger partial charge is 0.315 e. The van der Waals surface area contributed by atoms with Gasteiger partial charge in [-0.05, 0) is 53.2 Å². The highest BCUT2D eigenvalue weighted by atomic mass is 79.9. The van der Waals surface area contributed by atoms with E-state index in [0.717, 1.165) is 32.6 Å². The highest BCUT2D eigenvalue weighted by molar-refractivity contribution is 9.11. The summed E-state index contributed by atoms with van der Waals surface area (Å²) in [6.07, 6.45) is 4.08. The number of hydrogen-bond acceptors (Lipinski definition) is 4. The Morgan fingerprint density at radius 2 is 2.19 bits per heavy atom. The molecule has 5 heteroatoms. The molecule has 112 valence electrons. The molecule has 2 aromatic heterocycles. The van der Waals surface area contributed by atoms with Crippen molar-refractivity contribution in [3.63, 3.8) is 0 Å². The van der Waals surface area contributed by atoms with Crippen LogP contribution in [0.2, 0.25) is 0 Å². The molecule has 1 fully saturated rings. The fraction of sp³-hybridized carbons (Fsp3) is 0.438. The summed E-state index contributed by atoms with van der Waals surface area (Å²) >= 11 is 5.44. The molecule has 0 saturated carbocycles. The Balaban J connectivity index is 1.83. The third-order valence-corrected chi connectivity index (χ3v) is 5.59. The van der Waals surface area contributed by atoms with Crippen molar-refractivity contribution in [2.75, 3.05) is 26.2 Å². The minimum absolute atomic E-state index is 0.427. The zero-order valence-corrected chi connectivity index (χ0v) is 14.4. The number of halogens is 1. The van der Waals surface area contributed by atoms with Crippen molar-refractivity contribution in [1.29, 1.82) is 0 Å². The van der Waals surface area contributed by atoms with E-state index in [2.05, 4.69) is 55.4 Å². The van der Waals surface area contributed by atoms with Crippen LogP contribution in [0.25, 0.3) is 0 Å². The molecule has 1 aliphatic rings. The number of hydrogen-bond donors (Lipinski definition) is 1. The Kier molecular flexibility index (Phi) is 5.41. The van der Waals surface area contributed by atoms with Gasteiger partial charge in [-0.15, -0.1) is 11.3 Å². The number of thiophene rings is 1. The molecule has 1 unspecified atom stereocenters. The van der Waals surface area contributed by atoms with Crippen molar-refractivity contribution < 1.29 is 0 Å². The van der Waals surface area contributed by atoms with Crippen molar-refractivity contribution >= 4 is 27.3 Å². The van der Waals surface area contributed by atoms with Crippen LogP contribution in [0.15, 0.2) is 40.3 Å². The van der Waals surface area contributed by atoms with Gasteiger partial charge in [0.05, 0.1) is 3.79 Å². The fourth-order valence-electron chi connectivity index (χ4n) is 2.81. The predicted octanol–water partition coefficient (Wildman–Crippen LogP) is 3.48. The van der Waals surface area contributed by atoms with Crippen LogP contribution in [0.5, 0.6) is 0 Å². The number of nitrogens with one attached hydrogen (secondary N) is 1. The Morgan fingerprint density at radius 3 is 2.95 bits per heavy atom. The number of pyridine rings is 1. The van der Waals surface area contributed by atoms with Gasteiger partial charge in [0.1, 0.15) is 0 Å². The Labute approximate surface area is 138 Å². The van der Waals surface area contributed by atoms with Gasteiger partial charge in [0.15, 0.2) is 0 Å². The molecule has 0 amide bonds. The van der Waals surface area contributed by atoms with Crippen LogP contribution in [0.3, 0.4) is 0 Å². The molecule has 3 rings (SSSR count). The monoisotopic (exact) mass is 365 g/mol. The third-order valence-electron chi connectivity index (χ3n) is 3.87. The molecule has 0 radical (unpaired) electrons. The molecule has 1 saturated heterocycles. The molecule has 21 heavy (non-hydrogen) atoms. The summed E-state index contributed by atoms with van der Waals surface area (Å²) in [4.78, 5) is 8.55. The topological polar surface area (TPSA) is 28.2 Å². The lowest BCUT2D eigenvalue weighted by Gasteiger charge is -2.29. The summed E-state index contributed by atoms with van der Waals surface area (Å²) < 4.78 is 1.21. The SMILES string of the molecule is Brc1ccc(C(Cc2ccccn2)N2CCCNCC2)s1. The second kappa shape index (κ2) is 7.49. The van der Waals surface area contributed by atoms with Crippen LogP contribution in [0, 0.1) is 0 Å². The van der Waals surface area contributed by atoms with Crippen LogP contribution in [-0.4, -0.2) is 36.1 Å². The first-order valence-corrected chi connectivity index (χ1v) is 9.04. The smallest absolute Gasteiger partial charge is 0.0701 e. The van der Waals surface area contributed by atoms with Crippen LogP contribution in [-0.2, 0) is 6.42 Å². The lowest BCUT2D eigenvalue weighted by molar-refractivity contribution is 0.211. The third kappa shape index (κ3) is 4.13. The lowest BCUT2D eigenvalue weighted by Crippen LogP contribution is -2.33. The van der Waals surface area contributed by atoms with Gasteiger partial charge >= 0.3 is 0 Å². The van der Waals surface area contributed by atoms with Crippen LogP contribution < -0.4 is 5.32 Å². The maximum absolute atomic E-state index is 4.52. The van der Waals surface area contributed by atoms with E-state index in [1.54, 1.807) is 0 Å². The zero-order valence-electron chi connectivity index (χ0n) is 12.0. The van der Waals surface area contributed by atoms with Gasteiger partial charge in [-0.3, -0.25) is 9.88 Å². The highest BCUT2D eigenvalue weighted by Crippen LogP contribution is 2.33. The molecule has 0 aromatic carbocycles. The van der Waals surface area contributed by atoms with Crippen molar-refractivity contribution in [1.82, 2.24) is 15.2 Å². The number of rotatable bonds is 4. The van der Waals surface area contributed by atoms with Crippen molar-refractivity contribution in [2.24, 2.45) is 0 Å². The normalized spacial score (nSPS) is 18.3. The highest BCUT2D eigenvalue weighted by Gasteiger charge is 2.23.